The molecular formula is C12H18N2O4S. The summed E-state index contributed by atoms with van der Waals surface area (Å²) in [4.78, 5) is 13.9. The van der Waals surface area contributed by atoms with Crippen LogP contribution in [0.3, 0.4) is 0 Å². The number of furan rings is 1. The first-order chi connectivity index (χ1) is 8.97. The number of amides is 1. The quantitative estimate of drug-likeness (QED) is 0.889. The van der Waals surface area contributed by atoms with E-state index in [9.17, 15) is 13.2 Å². The monoisotopic (exact) mass is 286 g/mol. The second kappa shape index (κ2) is 5.75. The second-order valence-corrected chi connectivity index (χ2v) is 6.58. The van der Waals surface area contributed by atoms with Gasteiger partial charge < -0.3 is 9.32 Å². The molecule has 0 saturated carbocycles. The molecule has 1 aromatic heterocycles. The van der Waals surface area contributed by atoms with Gasteiger partial charge in [0.1, 0.15) is 0 Å². The lowest BCUT2D eigenvalue weighted by atomic mass is 10.0. The average molecular weight is 286 g/mol. The highest BCUT2D eigenvalue weighted by molar-refractivity contribution is 7.88. The molecule has 1 amide bonds. The zero-order chi connectivity index (χ0) is 13.9. The molecule has 1 aliphatic rings. The lowest BCUT2D eigenvalue weighted by molar-refractivity contribution is 0.0586. The number of nitrogens with one attached hydrogen (secondary N) is 1. The van der Waals surface area contributed by atoms with E-state index in [0.29, 0.717) is 12.3 Å². The number of hydrogen-bond acceptors (Lipinski definition) is 4. The van der Waals surface area contributed by atoms with Crippen molar-refractivity contribution in [3.8, 4) is 0 Å². The van der Waals surface area contributed by atoms with Crippen molar-refractivity contribution in [3.63, 3.8) is 0 Å². The molecule has 1 saturated heterocycles. The van der Waals surface area contributed by atoms with Gasteiger partial charge in [-0.3, -0.25) is 4.79 Å². The van der Waals surface area contributed by atoms with Crippen molar-refractivity contribution in [1.82, 2.24) is 9.62 Å². The van der Waals surface area contributed by atoms with Crippen molar-refractivity contribution >= 4 is 15.9 Å². The van der Waals surface area contributed by atoms with Crippen LogP contribution in [-0.4, -0.2) is 44.6 Å². The van der Waals surface area contributed by atoms with Crippen LogP contribution in [0, 0.1) is 0 Å². The summed E-state index contributed by atoms with van der Waals surface area (Å²) < 4.78 is 29.9. The number of likely N-dealkylation sites (tertiary alicyclic amines) is 1. The molecule has 0 radical (unpaired) electrons. The Morgan fingerprint density at radius 1 is 1.53 bits per heavy atom. The van der Waals surface area contributed by atoms with Crippen LogP contribution in [0.5, 0.6) is 0 Å². The summed E-state index contributed by atoms with van der Waals surface area (Å²) in [5.41, 5.74) is 0. The standard InChI is InChI=1S/C12H18N2O4S/c1-19(16,17)13-9-10-5-2-3-7-14(10)12(15)11-6-4-8-18-11/h4,6,8,10,13H,2-3,5,7,9H2,1H3. The van der Waals surface area contributed by atoms with E-state index in [0.717, 1.165) is 25.5 Å². The molecule has 1 unspecified atom stereocenters. The van der Waals surface area contributed by atoms with Crippen molar-refractivity contribution in [2.45, 2.75) is 25.3 Å². The van der Waals surface area contributed by atoms with Gasteiger partial charge in [-0.15, -0.1) is 0 Å². The van der Waals surface area contributed by atoms with Gasteiger partial charge >= 0.3 is 0 Å². The van der Waals surface area contributed by atoms with E-state index in [-0.39, 0.29) is 18.5 Å². The molecule has 1 aromatic rings. The van der Waals surface area contributed by atoms with Crippen LogP contribution in [0.15, 0.2) is 22.8 Å². The number of hydrogen-bond donors (Lipinski definition) is 1. The van der Waals surface area contributed by atoms with E-state index >= 15 is 0 Å². The minimum absolute atomic E-state index is 0.110. The Hall–Kier alpha value is -1.34. The number of carbonyl (C=O) groups excluding carboxylic acids is 1. The highest BCUT2D eigenvalue weighted by Gasteiger charge is 2.29. The van der Waals surface area contributed by atoms with Crippen molar-refractivity contribution in [2.24, 2.45) is 0 Å². The Balaban J connectivity index is 2.05. The van der Waals surface area contributed by atoms with Crippen LogP contribution in [0.2, 0.25) is 0 Å². The van der Waals surface area contributed by atoms with E-state index in [4.69, 9.17) is 4.42 Å². The lowest BCUT2D eigenvalue weighted by Gasteiger charge is -2.35. The summed E-state index contributed by atoms with van der Waals surface area (Å²) >= 11 is 0. The Morgan fingerprint density at radius 2 is 2.32 bits per heavy atom. The van der Waals surface area contributed by atoms with Gasteiger partial charge in [0.15, 0.2) is 5.76 Å². The third kappa shape index (κ3) is 3.81. The van der Waals surface area contributed by atoms with E-state index in [1.807, 2.05) is 0 Å². The first kappa shape index (κ1) is 14.1. The largest absolute Gasteiger partial charge is 0.459 e. The first-order valence-corrected chi connectivity index (χ1v) is 8.15. The van der Waals surface area contributed by atoms with Gasteiger partial charge in [-0.05, 0) is 31.4 Å². The SMILES string of the molecule is CS(=O)(=O)NCC1CCCCN1C(=O)c1ccco1. The average Bonchev–Trinajstić information content (AvgIpc) is 2.89. The smallest absolute Gasteiger partial charge is 0.289 e. The highest BCUT2D eigenvalue weighted by Crippen LogP contribution is 2.19. The molecule has 7 heteroatoms. The maximum atomic E-state index is 12.3. The van der Waals surface area contributed by atoms with E-state index < -0.39 is 10.0 Å². The first-order valence-electron chi connectivity index (χ1n) is 6.26. The predicted molar refractivity (Wildman–Crippen MR) is 70.2 cm³/mol. The van der Waals surface area contributed by atoms with Crippen LogP contribution in [0.4, 0.5) is 0 Å². The van der Waals surface area contributed by atoms with Crippen molar-refractivity contribution < 1.29 is 17.6 Å². The molecule has 0 bridgehead atoms. The fourth-order valence-corrected chi connectivity index (χ4v) is 2.76. The van der Waals surface area contributed by atoms with Crippen molar-refractivity contribution in [2.75, 3.05) is 19.3 Å². The molecule has 1 fully saturated rings. The van der Waals surface area contributed by atoms with Gasteiger partial charge in [-0.25, -0.2) is 13.1 Å². The van der Waals surface area contributed by atoms with Gasteiger partial charge in [0.25, 0.3) is 5.91 Å². The molecule has 2 heterocycles. The molecule has 0 spiro atoms. The molecular weight excluding hydrogens is 268 g/mol. The van der Waals surface area contributed by atoms with Gasteiger partial charge in [0.05, 0.1) is 12.5 Å². The van der Waals surface area contributed by atoms with Gasteiger partial charge in [0, 0.05) is 19.1 Å². The normalized spacial score (nSPS) is 20.5. The fraction of sp³-hybridized carbons (Fsp3) is 0.583. The molecule has 0 aliphatic carbocycles. The molecule has 106 valence electrons. The summed E-state index contributed by atoms with van der Waals surface area (Å²) in [6.45, 7) is 0.890. The minimum atomic E-state index is -3.24. The van der Waals surface area contributed by atoms with E-state index in [2.05, 4.69) is 4.72 Å². The number of piperidine rings is 1. The Morgan fingerprint density at radius 3 is 2.95 bits per heavy atom. The number of sulfonamides is 1. The van der Waals surface area contributed by atoms with Crippen LogP contribution >= 0.6 is 0 Å². The Labute approximate surface area is 112 Å². The second-order valence-electron chi connectivity index (χ2n) is 4.75. The maximum absolute atomic E-state index is 12.3. The Kier molecular flexibility index (Phi) is 4.26. The molecule has 2 rings (SSSR count). The molecule has 19 heavy (non-hydrogen) atoms. The molecule has 1 atom stereocenters. The third-order valence-corrected chi connectivity index (χ3v) is 3.89. The number of nitrogens with zero attached hydrogens (tertiary/aromatic N) is 1. The maximum Gasteiger partial charge on any atom is 0.289 e. The van der Waals surface area contributed by atoms with E-state index in [1.165, 1.54) is 6.26 Å². The summed E-state index contributed by atoms with van der Waals surface area (Å²) in [6.07, 6.45) is 5.31. The molecule has 0 aromatic carbocycles. The summed E-state index contributed by atoms with van der Waals surface area (Å²) in [5, 5.41) is 0. The van der Waals surface area contributed by atoms with Gasteiger partial charge in [-0.1, -0.05) is 0 Å². The zero-order valence-electron chi connectivity index (χ0n) is 10.8. The van der Waals surface area contributed by atoms with Gasteiger partial charge in [0.2, 0.25) is 10.0 Å². The van der Waals surface area contributed by atoms with Crippen LogP contribution in [0.1, 0.15) is 29.8 Å². The van der Waals surface area contributed by atoms with Crippen LogP contribution < -0.4 is 4.72 Å². The van der Waals surface area contributed by atoms with E-state index in [1.54, 1.807) is 17.0 Å². The molecule has 1 aliphatic heterocycles. The fourth-order valence-electron chi connectivity index (χ4n) is 2.27. The third-order valence-electron chi connectivity index (χ3n) is 3.20. The highest BCUT2D eigenvalue weighted by atomic mass is 32.2. The minimum Gasteiger partial charge on any atom is -0.459 e. The lowest BCUT2D eigenvalue weighted by Crippen LogP contribution is -2.49. The van der Waals surface area contributed by atoms with Gasteiger partial charge in [-0.2, -0.15) is 0 Å². The van der Waals surface area contributed by atoms with Crippen molar-refractivity contribution in [1.29, 1.82) is 0 Å². The summed E-state index contributed by atoms with van der Waals surface area (Å²) in [7, 11) is -3.24. The number of rotatable bonds is 4. The van der Waals surface area contributed by atoms with Crippen LogP contribution in [0.25, 0.3) is 0 Å². The summed E-state index contributed by atoms with van der Waals surface area (Å²) in [5.74, 6) is 0.122. The van der Waals surface area contributed by atoms with Crippen LogP contribution in [-0.2, 0) is 10.0 Å². The number of carbonyl (C=O) groups is 1. The predicted octanol–water partition coefficient (Wildman–Crippen LogP) is 0.823. The van der Waals surface area contributed by atoms with Crippen molar-refractivity contribution in [3.05, 3.63) is 24.2 Å². The Bertz CT molecular complexity index is 524. The molecule has 1 N–H and O–H groups in total. The topological polar surface area (TPSA) is 79.6 Å². The summed E-state index contributed by atoms with van der Waals surface area (Å²) in [6, 6.07) is 3.18. The zero-order valence-corrected chi connectivity index (χ0v) is 11.6. The molecule has 6 nitrogen and oxygen atoms in total.